The van der Waals surface area contributed by atoms with E-state index in [0.717, 1.165) is 11.0 Å². The molecule has 1 saturated heterocycles. The van der Waals surface area contributed by atoms with E-state index in [1.807, 2.05) is 60.7 Å². The minimum atomic E-state index is -3.68. The minimum absolute atomic E-state index is 0.0767. The van der Waals surface area contributed by atoms with Crippen molar-refractivity contribution in [1.82, 2.24) is 4.90 Å². The predicted molar refractivity (Wildman–Crippen MR) is 134 cm³/mol. The molecule has 0 saturated carbocycles. The van der Waals surface area contributed by atoms with Crippen LogP contribution >= 0.6 is 0 Å². The van der Waals surface area contributed by atoms with Crippen molar-refractivity contribution in [2.75, 3.05) is 17.8 Å². The van der Waals surface area contributed by atoms with Gasteiger partial charge in [-0.1, -0.05) is 60.7 Å². The van der Waals surface area contributed by atoms with Crippen LogP contribution in [0.3, 0.4) is 0 Å². The molecule has 1 amide bonds. The zero-order valence-electron chi connectivity index (χ0n) is 18.6. The summed E-state index contributed by atoms with van der Waals surface area (Å²) >= 11 is 0. The third-order valence-electron chi connectivity index (χ3n) is 5.84. The number of carbonyl (C=O) groups is 2. The van der Waals surface area contributed by atoms with Gasteiger partial charge in [0.1, 0.15) is 0 Å². The van der Waals surface area contributed by atoms with Gasteiger partial charge in [-0.25, -0.2) is 8.42 Å². The number of rotatable bonds is 7. The molecule has 0 aromatic heterocycles. The fourth-order valence-corrected chi connectivity index (χ4v) is 4.85. The van der Waals surface area contributed by atoms with Crippen LogP contribution in [0.4, 0.5) is 5.69 Å². The van der Waals surface area contributed by atoms with Crippen LogP contribution in [0, 0.1) is 5.92 Å². The standard InChI is InChI=1S/C27H26N2O4S/c30-26(22-9-5-2-6-10-22)23-15-18-29(19-16-23)27(31)24-11-13-25(14-12-24)28-34(32,33)20-17-21-7-3-1-4-8-21/h1-14,17,20,23,28H,15-16,18-19H2/b20-17+. The normalized spacial score (nSPS) is 14.8. The highest BCUT2D eigenvalue weighted by molar-refractivity contribution is 7.95. The summed E-state index contributed by atoms with van der Waals surface area (Å²) in [5.74, 6) is -0.0678. The van der Waals surface area contributed by atoms with Crippen molar-refractivity contribution in [2.45, 2.75) is 12.8 Å². The van der Waals surface area contributed by atoms with Crippen LogP contribution in [0.15, 0.2) is 90.3 Å². The van der Waals surface area contributed by atoms with Gasteiger partial charge in [-0.3, -0.25) is 14.3 Å². The van der Waals surface area contributed by atoms with Crippen molar-refractivity contribution < 1.29 is 18.0 Å². The van der Waals surface area contributed by atoms with E-state index >= 15 is 0 Å². The monoisotopic (exact) mass is 474 g/mol. The topological polar surface area (TPSA) is 83.6 Å². The number of Topliss-reactive ketones (excluding diaryl/α,β-unsaturated/α-hetero) is 1. The summed E-state index contributed by atoms with van der Waals surface area (Å²) in [4.78, 5) is 27.3. The van der Waals surface area contributed by atoms with Crippen LogP contribution < -0.4 is 4.72 Å². The van der Waals surface area contributed by atoms with Crippen molar-refractivity contribution in [3.05, 3.63) is 107 Å². The smallest absolute Gasteiger partial charge is 0.255 e. The summed E-state index contributed by atoms with van der Waals surface area (Å²) < 4.78 is 27.1. The lowest BCUT2D eigenvalue weighted by Gasteiger charge is -2.31. The van der Waals surface area contributed by atoms with E-state index in [9.17, 15) is 18.0 Å². The Kier molecular flexibility index (Phi) is 7.23. The van der Waals surface area contributed by atoms with Gasteiger partial charge in [-0.15, -0.1) is 0 Å². The summed E-state index contributed by atoms with van der Waals surface area (Å²) in [5, 5.41) is 1.11. The first kappa shape index (κ1) is 23.4. The van der Waals surface area contributed by atoms with E-state index in [-0.39, 0.29) is 17.6 Å². The van der Waals surface area contributed by atoms with Crippen LogP contribution in [-0.2, 0) is 10.0 Å². The van der Waals surface area contributed by atoms with Gasteiger partial charge < -0.3 is 4.90 Å². The lowest BCUT2D eigenvalue weighted by atomic mass is 9.88. The molecule has 174 valence electrons. The summed E-state index contributed by atoms with van der Waals surface area (Å²) in [7, 11) is -3.68. The second kappa shape index (κ2) is 10.5. The number of hydrogen-bond acceptors (Lipinski definition) is 4. The SMILES string of the molecule is O=C(c1ccccc1)C1CCN(C(=O)c2ccc(NS(=O)(=O)/C=C/c3ccccc3)cc2)CC1. The molecule has 4 rings (SSSR count). The van der Waals surface area contributed by atoms with E-state index in [0.29, 0.717) is 42.7 Å². The molecule has 3 aromatic rings. The number of amides is 1. The summed E-state index contributed by atoms with van der Waals surface area (Å²) in [6.45, 7) is 1.03. The van der Waals surface area contributed by atoms with Crippen molar-refractivity contribution in [2.24, 2.45) is 5.92 Å². The second-order valence-electron chi connectivity index (χ2n) is 8.23. The number of anilines is 1. The molecule has 0 radical (unpaired) electrons. The first-order valence-electron chi connectivity index (χ1n) is 11.2. The number of sulfonamides is 1. The number of nitrogens with one attached hydrogen (secondary N) is 1. The van der Waals surface area contributed by atoms with Crippen molar-refractivity contribution in [3.8, 4) is 0 Å². The average molecular weight is 475 g/mol. The Morgan fingerprint density at radius 3 is 2.00 bits per heavy atom. The van der Waals surface area contributed by atoms with Gasteiger partial charge in [0, 0.05) is 35.8 Å². The van der Waals surface area contributed by atoms with E-state index in [2.05, 4.69) is 4.72 Å². The fourth-order valence-electron chi connectivity index (χ4n) is 3.98. The largest absolute Gasteiger partial charge is 0.339 e. The second-order valence-corrected chi connectivity index (χ2v) is 9.80. The molecule has 7 heteroatoms. The molecule has 3 aromatic carbocycles. The highest BCUT2D eigenvalue weighted by Gasteiger charge is 2.28. The van der Waals surface area contributed by atoms with E-state index < -0.39 is 10.0 Å². The molecular formula is C27H26N2O4S. The molecule has 0 bridgehead atoms. The van der Waals surface area contributed by atoms with E-state index in [1.165, 1.54) is 6.08 Å². The number of ketones is 1. The summed E-state index contributed by atoms with van der Waals surface area (Å²) in [5.41, 5.74) is 2.35. The molecule has 0 aliphatic carbocycles. The molecule has 1 N–H and O–H groups in total. The summed E-state index contributed by atoms with van der Waals surface area (Å²) in [6, 6.07) is 24.8. The maximum Gasteiger partial charge on any atom is 0.255 e. The first-order valence-corrected chi connectivity index (χ1v) is 12.7. The molecule has 1 aliphatic heterocycles. The highest BCUT2D eigenvalue weighted by Crippen LogP contribution is 2.23. The Labute approximate surface area is 200 Å². The van der Waals surface area contributed by atoms with E-state index in [4.69, 9.17) is 0 Å². The quantitative estimate of drug-likeness (QED) is 0.497. The lowest BCUT2D eigenvalue weighted by Crippen LogP contribution is -2.40. The van der Waals surface area contributed by atoms with Crippen LogP contribution in [0.25, 0.3) is 6.08 Å². The third-order valence-corrected chi connectivity index (χ3v) is 6.86. The van der Waals surface area contributed by atoms with E-state index in [1.54, 1.807) is 29.2 Å². The number of hydrogen-bond donors (Lipinski definition) is 1. The Hall–Kier alpha value is -3.71. The Balaban J connectivity index is 1.33. The zero-order chi connectivity index (χ0) is 24.0. The molecule has 0 spiro atoms. The molecule has 1 heterocycles. The van der Waals surface area contributed by atoms with Gasteiger partial charge in [0.15, 0.2) is 5.78 Å². The Bertz CT molecular complexity index is 1260. The molecule has 6 nitrogen and oxygen atoms in total. The molecule has 1 fully saturated rings. The number of carbonyl (C=O) groups excluding carboxylic acids is 2. The minimum Gasteiger partial charge on any atom is -0.339 e. The van der Waals surface area contributed by atoms with Gasteiger partial charge >= 0.3 is 0 Å². The fraction of sp³-hybridized carbons (Fsp3) is 0.185. The third kappa shape index (κ3) is 5.99. The number of benzene rings is 3. The maximum absolute atomic E-state index is 12.9. The van der Waals surface area contributed by atoms with Crippen molar-refractivity contribution >= 4 is 33.5 Å². The molecule has 0 atom stereocenters. The number of likely N-dealkylation sites (tertiary alicyclic amines) is 1. The molecule has 0 unspecified atom stereocenters. The average Bonchev–Trinajstić information content (AvgIpc) is 2.88. The zero-order valence-corrected chi connectivity index (χ0v) is 19.4. The molecule has 34 heavy (non-hydrogen) atoms. The lowest BCUT2D eigenvalue weighted by molar-refractivity contribution is 0.0650. The Morgan fingerprint density at radius 2 is 1.38 bits per heavy atom. The van der Waals surface area contributed by atoms with Gasteiger partial charge in [0.2, 0.25) is 0 Å². The first-order chi connectivity index (χ1) is 16.4. The van der Waals surface area contributed by atoms with Crippen LogP contribution in [0.1, 0.15) is 39.1 Å². The van der Waals surface area contributed by atoms with Gasteiger partial charge in [-0.05, 0) is 48.7 Å². The summed E-state index contributed by atoms with van der Waals surface area (Å²) in [6.07, 6.45) is 2.78. The molecular weight excluding hydrogens is 448 g/mol. The Morgan fingerprint density at radius 1 is 0.794 bits per heavy atom. The van der Waals surface area contributed by atoms with Crippen molar-refractivity contribution in [3.63, 3.8) is 0 Å². The molecule has 1 aliphatic rings. The maximum atomic E-state index is 12.9. The van der Waals surface area contributed by atoms with Crippen LogP contribution in [0.5, 0.6) is 0 Å². The van der Waals surface area contributed by atoms with Crippen LogP contribution in [0.2, 0.25) is 0 Å². The predicted octanol–water partition coefficient (Wildman–Crippen LogP) is 4.83. The number of piperidine rings is 1. The highest BCUT2D eigenvalue weighted by atomic mass is 32.2. The van der Waals surface area contributed by atoms with Crippen molar-refractivity contribution in [1.29, 1.82) is 0 Å². The van der Waals surface area contributed by atoms with Gasteiger partial charge in [0.25, 0.3) is 15.9 Å². The van der Waals surface area contributed by atoms with Gasteiger partial charge in [0.05, 0.1) is 5.41 Å². The van der Waals surface area contributed by atoms with Gasteiger partial charge in [-0.2, -0.15) is 0 Å². The van der Waals surface area contributed by atoms with Crippen LogP contribution in [-0.4, -0.2) is 38.1 Å². The number of nitrogens with zero attached hydrogens (tertiary/aromatic N) is 1.